The fourth-order valence-corrected chi connectivity index (χ4v) is 2.74. The largest absolute Gasteiger partial charge is 0.387 e. The molecule has 2 rings (SSSR count). The van der Waals surface area contributed by atoms with Gasteiger partial charge in [0.2, 0.25) is 0 Å². The van der Waals surface area contributed by atoms with E-state index in [4.69, 9.17) is 4.74 Å². The molecule has 0 radical (unpaired) electrons. The highest BCUT2D eigenvalue weighted by atomic mass is 16.5. The molecule has 1 heterocycles. The van der Waals surface area contributed by atoms with Crippen molar-refractivity contribution in [2.75, 3.05) is 26.3 Å². The van der Waals surface area contributed by atoms with E-state index in [1.807, 2.05) is 0 Å². The van der Waals surface area contributed by atoms with Gasteiger partial charge in [-0.25, -0.2) is 0 Å². The monoisotopic (exact) mass is 277 g/mol. The van der Waals surface area contributed by atoms with E-state index in [2.05, 4.69) is 49.9 Å². The number of hydrogen-bond acceptors (Lipinski definition) is 3. The molecule has 1 N–H and O–H groups in total. The summed E-state index contributed by atoms with van der Waals surface area (Å²) in [7, 11) is 0. The minimum Gasteiger partial charge on any atom is -0.387 e. The molecule has 2 unspecified atom stereocenters. The summed E-state index contributed by atoms with van der Waals surface area (Å²) in [4.78, 5) is 2.35. The number of hydrogen-bond donors (Lipinski definition) is 1. The number of nitrogens with zero attached hydrogens (tertiary/aromatic N) is 1. The van der Waals surface area contributed by atoms with Crippen molar-refractivity contribution in [2.45, 2.75) is 45.3 Å². The molecule has 0 aliphatic carbocycles. The van der Waals surface area contributed by atoms with Crippen LogP contribution in [0, 0.1) is 0 Å². The fourth-order valence-electron chi connectivity index (χ4n) is 2.74. The molecule has 3 heteroatoms. The summed E-state index contributed by atoms with van der Waals surface area (Å²) < 4.78 is 5.51. The minimum atomic E-state index is -0.414. The van der Waals surface area contributed by atoms with Gasteiger partial charge in [0.15, 0.2) is 0 Å². The average molecular weight is 277 g/mol. The van der Waals surface area contributed by atoms with Crippen molar-refractivity contribution in [3.63, 3.8) is 0 Å². The molecule has 1 saturated heterocycles. The number of aliphatic hydroxyl groups excluding tert-OH is 1. The molecule has 1 aromatic carbocycles. The Hall–Kier alpha value is -0.900. The van der Waals surface area contributed by atoms with Crippen molar-refractivity contribution in [1.29, 1.82) is 0 Å². The SMILES string of the molecule is CCC1COCCN1CC(O)c1ccc(C(C)C)cc1. The molecule has 2 atom stereocenters. The topological polar surface area (TPSA) is 32.7 Å². The fraction of sp³-hybridized carbons (Fsp3) is 0.647. The van der Waals surface area contributed by atoms with Gasteiger partial charge in [-0.3, -0.25) is 4.90 Å². The number of morpholine rings is 1. The number of rotatable bonds is 5. The van der Waals surface area contributed by atoms with Crippen LogP contribution in [0.25, 0.3) is 0 Å². The van der Waals surface area contributed by atoms with Crippen LogP contribution in [0.3, 0.4) is 0 Å². The van der Waals surface area contributed by atoms with Crippen LogP contribution in [0.1, 0.15) is 50.3 Å². The zero-order valence-electron chi connectivity index (χ0n) is 12.9. The summed E-state index contributed by atoms with van der Waals surface area (Å²) in [6.45, 7) is 9.72. The lowest BCUT2D eigenvalue weighted by atomic mass is 9.99. The molecule has 112 valence electrons. The number of β-amino-alcohol motifs (C(OH)–C–C–N with tert-alkyl or cyclic N) is 1. The Morgan fingerprint density at radius 2 is 1.90 bits per heavy atom. The summed E-state index contributed by atoms with van der Waals surface area (Å²) in [5.41, 5.74) is 2.33. The van der Waals surface area contributed by atoms with Gasteiger partial charge in [-0.05, 0) is 23.5 Å². The summed E-state index contributed by atoms with van der Waals surface area (Å²) in [6, 6.07) is 8.80. The van der Waals surface area contributed by atoms with E-state index < -0.39 is 6.10 Å². The first-order valence-electron chi connectivity index (χ1n) is 7.71. The third-order valence-corrected chi connectivity index (χ3v) is 4.22. The third-order valence-electron chi connectivity index (χ3n) is 4.22. The minimum absolute atomic E-state index is 0.414. The van der Waals surface area contributed by atoms with Gasteiger partial charge in [0, 0.05) is 19.1 Å². The Bertz CT molecular complexity index is 402. The molecule has 1 aliphatic heterocycles. The first-order valence-corrected chi connectivity index (χ1v) is 7.71. The Morgan fingerprint density at radius 3 is 2.50 bits per heavy atom. The van der Waals surface area contributed by atoms with E-state index >= 15 is 0 Å². The van der Waals surface area contributed by atoms with Crippen molar-refractivity contribution in [1.82, 2.24) is 4.90 Å². The zero-order chi connectivity index (χ0) is 14.5. The second-order valence-corrected chi connectivity index (χ2v) is 5.97. The van der Waals surface area contributed by atoms with Crippen LogP contribution in [0.5, 0.6) is 0 Å². The molecule has 1 aromatic rings. The van der Waals surface area contributed by atoms with Gasteiger partial charge in [-0.15, -0.1) is 0 Å². The van der Waals surface area contributed by atoms with Crippen LogP contribution in [0.15, 0.2) is 24.3 Å². The number of benzene rings is 1. The van der Waals surface area contributed by atoms with Crippen LogP contribution in [0.4, 0.5) is 0 Å². The van der Waals surface area contributed by atoms with Crippen LogP contribution < -0.4 is 0 Å². The smallest absolute Gasteiger partial charge is 0.0917 e. The van der Waals surface area contributed by atoms with Gasteiger partial charge >= 0.3 is 0 Å². The zero-order valence-corrected chi connectivity index (χ0v) is 12.9. The number of aliphatic hydroxyl groups is 1. The lowest BCUT2D eigenvalue weighted by Gasteiger charge is -2.36. The molecule has 0 saturated carbocycles. The van der Waals surface area contributed by atoms with Crippen molar-refractivity contribution in [3.05, 3.63) is 35.4 Å². The molecule has 1 aliphatic rings. The molecule has 0 bridgehead atoms. The van der Waals surface area contributed by atoms with Crippen molar-refractivity contribution < 1.29 is 9.84 Å². The third kappa shape index (κ3) is 3.81. The molecule has 20 heavy (non-hydrogen) atoms. The lowest BCUT2D eigenvalue weighted by molar-refractivity contribution is -0.0277. The highest BCUT2D eigenvalue weighted by Crippen LogP contribution is 2.21. The van der Waals surface area contributed by atoms with Gasteiger partial charge in [-0.1, -0.05) is 45.0 Å². The van der Waals surface area contributed by atoms with Gasteiger partial charge in [-0.2, -0.15) is 0 Å². The van der Waals surface area contributed by atoms with Gasteiger partial charge in [0.05, 0.1) is 19.3 Å². The first kappa shape index (κ1) is 15.5. The normalized spacial score (nSPS) is 22.1. The Kier molecular flexibility index (Phi) is 5.58. The maximum atomic E-state index is 10.4. The van der Waals surface area contributed by atoms with Crippen LogP contribution in [-0.2, 0) is 4.74 Å². The molecule has 3 nitrogen and oxygen atoms in total. The Balaban J connectivity index is 1.98. The van der Waals surface area contributed by atoms with Gasteiger partial charge < -0.3 is 9.84 Å². The van der Waals surface area contributed by atoms with Crippen LogP contribution in [0.2, 0.25) is 0 Å². The second-order valence-electron chi connectivity index (χ2n) is 5.97. The summed E-state index contributed by atoms with van der Waals surface area (Å²) >= 11 is 0. The van der Waals surface area contributed by atoms with E-state index in [0.29, 0.717) is 18.5 Å². The lowest BCUT2D eigenvalue weighted by Crippen LogP contribution is -2.46. The summed E-state index contributed by atoms with van der Waals surface area (Å²) in [5.74, 6) is 0.532. The van der Waals surface area contributed by atoms with E-state index in [9.17, 15) is 5.11 Å². The maximum absolute atomic E-state index is 10.4. The maximum Gasteiger partial charge on any atom is 0.0917 e. The van der Waals surface area contributed by atoms with Crippen LogP contribution in [-0.4, -0.2) is 42.4 Å². The standard InChI is InChI=1S/C17H27NO2/c1-4-16-12-20-10-9-18(16)11-17(19)15-7-5-14(6-8-15)13(2)3/h5-8,13,16-17,19H,4,9-12H2,1-3H3. The van der Waals surface area contributed by atoms with Crippen molar-refractivity contribution in [3.8, 4) is 0 Å². The van der Waals surface area contributed by atoms with E-state index in [1.54, 1.807) is 0 Å². The Morgan fingerprint density at radius 1 is 1.25 bits per heavy atom. The van der Waals surface area contributed by atoms with Crippen LogP contribution >= 0.6 is 0 Å². The van der Waals surface area contributed by atoms with E-state index in [0.717, 1.165) is 31.7 Å². The first-order chi connectivity index (χ1) is 9.61. The van der Waals surface area contributed by atoms with Gasteiger partial charge in [0.25, 0.3) is 0 Å². The molecule has 0 aromatic heterocycles. The molecule has 0 spiro atoms. The average Bonchev–Trinajstić information content (AvgIpc) is 2.48. The molecule has 1 fully saturated rings. The predicted octanol–water partition coefficient (Wildman–Crippen LogP) is 2.95. The van der Waals surface area contributed by atoms with Crippen molar-refractivity contribution in [2.24, 2.45) is 0 Å². The van der Waals surface area contributed by atoms with E-state index in [-0.39, 0.29) is 0 Å². The van der Waals surface area contributed by atoms with Gasteiger partial charge in [0.1, 0.15) is 0 Å². The van der Waals surface area contributed by atoms with E-state index in [1.165, 1.54) is 5.56 Å². The quantitative estimate of drug-likeness (QED) is 0.898. The molecule has 0 amide bonds. The highest BCUT2D eigenvalue weighted by molar-refractivity contribution is 5.26. The second kappa shape index (κ2) is 7.21. The predicted molar refractivity (Wildman–Crippen MR) is 82.0 cm³/mol. The van der Waals surface area contributed by atoms with Crippen molar-refractivity contribution >= 4 is 0 Å². The summed E-state index contributed by atoms with van der Waals surface area (Å²) in [6.07, 6.45) is 0.655. The molecular formula is C17H27NO2. The molecular weight excluding hydrogens is 250 g/mol. The Labute approximate surface area is 122 Å². The number of ether oxygens (including phenoxy) is 1. The summed E-state index contributed by atoms with van der Waals surface area (Å²) in [5, 5.41) is 10.4. The highest BCUT2D eigenvalue weighted by Gasteiger charge is 2.23.